The van der Waals surface area contributed by atoms with Crippen LogP contribution in [-0.2, 0) is 9.59 Å². The number of aryl methyl sites for hydroxylation is 1. The second-order valence-corrected chi connectivity index (χ2v) is 9.32. The smallest absolute Gasteiger partial charge is 0.249 e. The molecular formula is C22H22N4O2S. The lowest BCUT2D eigenvalue weighted by molar-refractivity contribution is -0.135. The van der Waals surface area contributed by atoms with E-state index in [-0.39, 0.29) is 16.7 Å². The van der Waals surface area contributed by atoms with Gasteiger partial charge in [0.25, 0.3) is 0 Å². The van der Waals surface area contributed by atoms with Gasteiger partial charge in [-0.25, -0.2) is 4.98 Å². The van der Waals surface area contributed by atoms with Gasteiger partial charge >= 0.3 is 0 Å². The lowest BCUT2D eigenvalue weighted by Crippen LogP contribution is -2.48. The number of anilines is 1. The molecule has 2 aliphatic heterocycles. The van der Waals surface area contributed by atoms with Crippen LogP contribution >= 0.6 is 11.8 Å². The molecule has 0 radical (unpaired) electrons. The lowest BCUT2D eigenvalue weighted by atomic mass is 10.1. The molecule has 2 aliphatic rings. The zero-order valence-corrected chi connectivity index (χ0v) is 17.2. The molecule has 2 amide bonds. The summed E-state index contributed by atoms with van der Waals surface area (Å²) >= 11 is 1.70. The number of rotatable bonds is 3. The number of benzene rings is 1. The molecule has 1 aromatic carbocycles. The number of imidazole rings is 1. The van der Waals surface area contributed by atoms with Crippen molar-refractivity contribution < 1.29 is 9.59 Å². The first-order valence-corrected chi connectivity index (χ1v) is 10.8. The number of carbonyl (C=O) groups excluding carboxylic acids is 2. The first-order valence-electron chi connectivity index (χ1n) is 9.78. The molecular weight excluding hydrogens is 384 g/mol. The maximum Gasteiger partial charge on any atom is 0.249 e. The highest BCUT2D eigenvalue weighted by Crippen LogP contribution is 2.47. The summed E-state index contributed by atoms with van der Waals surface area (Å²) in [6, 6.07) is 13.3. The highest BCUT2D eigenvalue weighted by Gasteiger charge is 2.53. The summed E-state index contributed by atoms with van der Waals surface area (Å²) in [5.41, 5.74) is 3.51. The van der Waals surface area contributed by atoms with Crippen molar-refractivity contribution in [3.05, 3.63) is 54.2 Å². The van der Waals surface area contributed by atoms with Crippen LogP contribution < -0.4 is 5.32 Å². The van der Waals surface area contributed by atoms with Crippen LogP contribution in [-0.4, -0.2) is 42.8 Å². The number of carbonyl (C=O) groups is 2. The first kappa shape index (κ1) is 18.2. The van der Waals surface area contributed by atoms with Crippen LogP contribution in [0, 0.1) is 6.92 Å². The zero-order chi connectivity index (χ0) is 20.2. The molecule has 0 spiro atoms. The maximum absolute atomic E-state index is 13.3. The number of aromatic nitrogens is 2. The minimum atomic E-state index is -0.459. The van der Waals surface area contributed by atoms with E-state index < -0.39 is 6.04 Å². The minimum absolute atomic E-state index is 0.0647. The Hall–Kier alpha value is -2.80. The summed E-state index contributed by atoms with van der Waals surface area (Å²) in [7, 11) is 0. The van der Waals surface area contributed by atoms with Gasteiger partial charge in [-0.15, -0.1) is 11.8 Å². The number of amides is 2. The van der Waals surface area contributed by atoms with Crippen LogP contribution in [0.25, 0.3) is 16.9 Å². The van der Waals surface area contributed by atoms with Crippen molar-refractivity contribution >= 4 is 35.0 Å². The van der Waals surface area contributed by atoms with Crippen molar-refractivity contribution in [3.8, 4) is 11.3 Å². The van der Waals surface area contributed by atoms with Gasteiger partial charge in [0.15, 0.2) is 0 Å². The Kier molecular flexibility index (Phi) is 4.17. The average Bonchev–Trinajstić information content (AvgIpc) is 3.35. The predicted octanol–water partition coefficient (Wildman–Crippen LogP) is 3.70. The first-order chi connectivity index (χ1) is 14.0. The number of hydrogen-bond acceptors (Lipinski definition) is 4. The fourth-order valence-corrected chi connectivity index (χ4v) is 5.77. The fraction of sp³-hybridized carbons (Fsp3) is 0.318. The van der Waals surface area contributed by atoms with E-state index in [1.165, 1.54) is 0 Å². The summed E-state index contributed by atoms with van der Waals surface area (Å²) in [4.78, 5) is 32.1. The quantitative estimate of drug-likeness (QED) is 0.720. The van der Waals surface area contributed by atoms with Crippen molar-refractivity contribution in [3.63, 3.8) is 0 Å². The zero-order valence-electron chi connectivity index (χ0n) is 16.4. The van der Waals surface area contributed by atoms with Gasteiger partial charge in [-0.05, 0) is 31.9 Å². The van der Waals surface area contributed by atoms with Crippen molar-refractivity contribution in [2.24, 2.45) is 0 Å². The fourth-order valence-electron chi connectivity index (χ4n) is 4.34. The molecule has 6 nitrogen and oxygen atoms in total. The number of fused-ring (bicyclic) bond motifs is 2. The Morgan fingerprint density at radius 3 is 2.83 bits per heavy atom. The molecule has 4 heterocycles. The van der Waals surface area contributed by atoms with E-state index >= 15 is 0 Å². The molecule has 2 aromatic heterocycles. The van der Waals surface area contributed by atoms with E-state index in [2.05, 4.69) is 12.2 Å². The standard InChI is InChI=1S/C22H22N4O2S/c1-14-7-6-12-25-19(14)23-18(15-8-4-3-5-9-15)20(25)24-21(28)16-13-29-22(2)11-10-17(27)26(16)22/h3-9,12,16H,10-11,13H2,1-2H3,(H,24,28). The third-order valence-corrected chi connectivity index (χ3v) is 7.39. The van der Waals surface area contributed by atoms with E-state index in [4.69, 9.17) is 4.98 Å². The van der Waals surface area contributed by atoms with Crippen molar-refractivity contribution in [2.75, 3.05) is 11.1 Å². The molecule has 5 rings (SSSR count). The summed E-state index contributed by atoms with van der Waals surface area (Å²) in [5.74, 6) is 1.17. The van der Waals surface area contributed by atoms with Gasteiger partial charge in [0, 0.05) is 23.9 Å². The van der Waals surface area contributed by atoms with Gasteiger partial charge in [-0.1, -0.05) is 36.4 Å². The van der Waals surface area contributed by atoms with Gasteiger partial charge in [-0.2, -0.15) is 0 Å². The van der Waals surface area contributed by atoms with Crippen molar-refractivity contribution in [1.82, 2.24) is 14.3 Å². The summed E-state index contributed by atoms with van der Waals surface area (Å²) in [5, 5.41) is 3.11. The number of thioether (sulfide) groups is 1. The Morgan fingerprint density at radius 2 is 2.03 bits per heavy atom. The Morgan fingerprint density at radius 1 is 1.24 bits per heavy atom. The number of pyridine rings is 1. The third kappa shape index (κ3) is 2.83. The number of hydrogen-bond donors (Lipinski definition) is 1. The van der Waals surface area contributed by atoms with E-state index in [0.29, 0.717) is 18.0 Å². The van der Waals surface area contributed by atoms with Gasteiger partial charge < -0.3 is 10.2 Å². The largest absolute Gasteiger partial charge is 0.315 e. The molecule has 7 heteroatoms. The van der Waals surface area contributed by atoms with Crippen LogP contribution in [0.2, 0.25) is 0 Å². The monoisotopic (exact) mass is 406 g/mol. The van der Waals surface area contributed by atoms with E-state index in [1.54, 1.807) is 16.7 Å². The topological polar surface area (TPSA) is 66.7 Å². The van der Waals surface area contributed by atoms with E-state index in [0.717, 1.165) is 28.9 Å². The molecule has 0 bridgehead atoms. The molecule has 2 atom stereocenters. The van der Waals surface area contributed by atoms with E-state index in [1.807, 2.05) is 60.0 Å². The average molecular weight is 407 g/mol. The van der Waals surface area contributed by atoms with Gasteiger partial charge in [0.2, 0.25) is 11.8 Å². The summed E-state index contributed by atoms with van der Waals surface area (Å²) in [6.45, 7) is 4.06. The molecule has 2 saturated heterocycles. The van der Waals surface area contributed by atoms with Gasteiger partial charge in [0.1, 0.15) is 23.2 Å². The van der Waals surface area contributed by atoms with Crippen molar-refractivity contribution in [2.45, 2.75) is 37.6 Å². The van der Waals surface area contributed by atoms with E-state index in [9.17, 15) is 9.59 Å². The summed E-state index contributed by atoms with van der Waals surface area (Å²) in [6.07, 6.45) is 3.22. The Balaban J connectivity index is 1.56. The van der Waals surface area contributed by atoms with Crippen LogP contribution in [0.5, 0.6) is 0 Å². The Labute approximate surface area is 173 Å². The molecule has 0 aliphatic carbocycles. The molecule has 3 aromatic rings. The molecule has 2 unspecified atom stereocenters. The third-order valence-electron chi connectivity index (χ3n) is 5.88. The molecule has 1 N–H and O–H groups in total. The Bertz CT molecular complexity index is 1130. The molecule has 148 valence electrons. The van der Waals surface area contributed by atoms with Gasteiger partial charge in [0.05, 0.1) is 4.87 Å². The van der Waals surface area contributed by atoms with Crippen molar-refractivity contribution in [1.29, 1.82) is 0 Å². The highest BCUT2D eigenvalue weighted by molar-refractivity contribution is 8.01. The predicted molar refractivity (Wildman–Crippen MR) is 115 cm³/mol. The normalized spacial score (nSPS) is 23.6. The van der Waals surface area contributed by atoms with Crippen LogP contribution in [0.15, 0.2) is 48.7 Å². The molecule has 29 heavy (non-hydrogen) atoms. The molecule has 0 saturated carbocycles. The highest BCUT2D eigenvalue weighted by atomic mass is 32.2. The van der Waals surface area contributed by atoms with Crippen LogP contribution in [0.1, 0.15) is 25.3 Å². The van der Waals surface area contributed by atoms with Gasteiger partial charge in [-0.3, -0.25) is 14.0 Å². The molecule has 2 fully saturated rings. The van der Waals surface area contributed by atoms with Crippen LogP contribution in [0.3, 0.4) is 0 Å². The summed E-state index contributed by atoms with van der Waals surface area (Å²) < 4.78 is 1.92. The minimum Gasteiger partial charge on any atom is -0.315 e. The second kappa shape index (κ2) is 6.62. The second-order valence-electron chi connectivity index (χ2n) is 7.81. The maximum atomic E-state index is 13.3. The van der Waals surface area contributed by atoms with Crippen LogP contribution in [0.4, 0.5) is 5.82 Å². The number of nitrogens with zero attached hydrogens (tertiary/aromatic N) is 3. The lowest BCUT2D eigenvalue weighted by Gasteiger charge is -2.29. The number of nitrogens with one attached hydrogen (secondary N) is 1. The SMILES string of the molecule is Cc1cccn2c(NC(=O)C3CSC4(C)CCC(=O)N34)c(-c3ccccc3)nc12.